The number of halogens is 3. The van der Waals surface area contributed by atoms with E-state index >= 15 is 0 Å². The number of hydrogen-bond acceptors (Lipinski definition) is 2. The number of benzene rings is 1. The van der Waals surface area contributed by atoms with Gasteiger partial charge in [-0.05, 0) is 30.7 Å². The lowest BCUT2D eigenvalue weighted by Crippen LogP contribution is -2.39. The van der Waals surface area contributed by atoms with Crippen LogP contribution in [0.4, 0.5) is 4.39 Å². The van der Waals surface area contributed by atoms with Gasteiger partial charge in [0.25, 0.3) is 0 Å². The molecule has 0 amide bonds. The fraction of sp³-hybridized carbons (Fsp3) is 0.500. The first-order chi connectivity index (χ1) is 9.70. The van der Waals surface area contributed by atoms with Crippen molar-refractivity contribution in [2.75, 3.05) is 19.3 Å². The molecule has 118 valence electrons. The number of guanidine groups is 1. The Morgan fingerprint density at radius 3 is 2.90 bits per heavy atom. The second-order valence-electron chi connectivity index (χ2n) is 4.64. The fourth-order valence-electron chi connectivity index (χ4n) is 2.11. The van der Waals surface area contributed by atoms with Crippen LogP contribution in [0.5, 0.6) is 0 Å². The van der Waals surface area contributed by atoms with Crippen molar-refractivity contribution in [1.82, 2.24) is 10.6 Å². The van der Waals surface area contributed by atoms with Gasteiger partial charge in [0.15, 0.2) is 5.96 Å². The van der Waals surface area contributed by atoms with E-state index in [1.54, 1.807) is 19.2 Å². The number of thioether (sulfide) groups is 1. The van der Waals surface area contributed by atoms with Crippen LogP contribution in [0.2, 0.25) is 5.02 Å². The van der Waals surface area contributed by atoms with Gasteiger partial charge in [-0.3, -0.25) is 4.99 Å². The summed E-state index contributed by atoms with van der Waals surface area (Å²) in [7, 11) is 1.71. The maximum atomic E-state index is 13.6. The van der Waals surface area contributed by atoms with Gasteiger partial charge in [0.1, 0.15) is 5.82 Å². The molecule has 0 radical (unpaired) electrons. The zero-order valence-corrected chi connectivity index (χ0v) is 15.8. The Morgan fingerprint density at radius 1 is 1.48 bits per heavy atom. The van der Waals surface area contributed by atoms with Crippen LogP contribution in [0.3, 0.4) is 0 Å². The van der Waals surface area contributed by atoms with Gasteiger partial charge in [-0.1, -0.05) is 17.7 Å². The molecule has 1 saturated heterocycles. The zero-order valence-electron chi connectivity index (χ0n) is 11.9. The number of aliphatic imine (C=N–C) groups is 1. The van der Waals surface area contributed by atoms with Crippen molar-refractivity contribution in [3.05, 3.63) is 34.6 Å². The summed E-state index contributed by atoms with van der Waals surface area (Å²) in [6.45, 7) is 1.21. The van der Waals surface area contributed by atoms with Crippen molar-refractivity contribution < 1.29 is 4.39 Å². The molecule has 0 aromatic heterocycles. The fourth-order valence-corrected chi connectivity index (χ4v) is 3.54. The normalized spacial score (nSPS) is 18.2. The minimum absolute atomic E-state index is 0. The standard InChI is InChI=1S/C14H19ClFN3S.HI/c1-17-14(18-8-10-4-3-7-20-10)19-9-11-12(15)5-2-6-13(11)16;/h2,5-6,10H,3-4,7-9H2,1H3,(H2,17,18,19);1H. The summed E-state index contributed by atoms with van der Waals surface area (Å²) in [5.41, 5.74) is 0.465. The Labute approximate surface area is 151 Å². The van der Waals surface area contributed by atoms with Gasteiger partial charge >= 0.3 is 0 Å². The maximum absolute atomic E-state index is 13.6. The third kappa shape index (κ3) is 5.83. The number of rotatable bonds is 4. The maximum Gasteiger partial charge on any atom is 0.191 e. The van der Waals surface area contributed by atoms with Crippen LogP contribution in [0, 0.1) is 5.82 Å². The molecule has 0 spiro atoms. The predicted molar refractivity (Wildman–Crippen MR) is 101 cm³/mol. The van der Waals surface area contributed by atoms with E-state index in [0.29, 0.717) is 28.3 Å². The van der Waals surface area contributed by atoms with Crippen LogP contribution in [0.25, 0.3) is 0 Å². The molecule has 0 saturated carbocycles. The van der Waals surface area contributed by atoms with Gasteiger partial charge in [0.2, 0.25) is 0 Å². The molecule has 0 bridgehead atoms. The molecule has 1 aromatic carbocycles. The van der Waals surface area contributed by atoms with Gasteiger partial charge < -0.3 is 10.6 Å². The molecule has 1 unspecified atom stereocenters. The predicted octanol–water partition coefficient (Wildman–Crippen LogP) is 3.66. The summed E-state index contributed by atoms with van der Waals surface area (Å²) >= 11 is 7.98. The van der Waals surface area contributed by atoms with E-state index in [4.69, 9.17) is 11.6 Å². The third-order valence-electron chi connectivity index (χ3n) is 3.24. The Kier molecular flexibility index (Phi) is 8.73. The molecule has 2 N–H and O–H groups in total. The van der Waals surface area contributed by atoms with Gasteiger partial charge in [-0.15, -0.1) is 24.0 Å². The van der Waals surface area contributed by atoms with Gasteiger partial charge in [0, 0.05) is 36.0 Å². The van der Waals surface area contributed by atoms with Crippen LogP contribution >= 0.6 is 47.3 Å². The molecule has 1 aliphatic rings. The monoisotopic (exact) mass is 443 g/mol. The highest BCUT2D eigenvalue weighted by Crippen LogP contribution is 2.25. The molecule has 1 atom stereocenters. The Bertz CT molecular complexity index is 461. The Hall–Kier alpha value is -0.210. The minimum atomic E-state index is -0.299. The van der Waals surface area contributed by atoms with Crippen molar-refractivity contribution in [2.45, 2.75) is 24.6 Å². The number of hydrogen-bond donors (Lipinski definition) is 2. The highest BCUT2D eigenvalue weighted by Gasteiger charge is 2.15. The van der Waals surface area contributed by atoms with Crippen molar-refractivity contribution >= 4 is 53.3 Å². The average Bonchev–Trinajstić information content (AvgIpc) is 2.94. The summed E-state index contributed by atoms with van der Waals surface area (Å²) in [5, 5.41) is 7.44. The molecular weight excluding hydrogens is 424 g/mol. The van der Waals surface area contributed by atoms with E-state index in [1.807, 2.05) is 11.8 Å². The van der Waals surface area contributed by atoms with Crippen molar-refractivity contribution in [3.63, 3.8) is 0 Å². The van der Waals surface area contributed by atoms with E-state index < -0.39 is 0 Å². The molecule has 0 aliphatic carbocycles. The number of nitrogens with one attached hydrogen (secondary N) is 2. The van der Waals surface area contributed by atoms with Crippen LogP contribution in [0.15, 0.2) is 23.2 Å². The van der Waals surface area contributed by atoms with Crippen LogP contribution in [-0.4, -0.2) is 30.6 Å². The molecule has 21 heavy (non-hydrogen) atoms. The lowest BCUT2D eigenvalue weighted by molar-refractivity contribution is 0.604. The highest BCUT2D eigenvalue weighted by atomic mass is 127. The van der Waals surface area contributed by atoms with Crippen LogP contribution < -0.4 is 10.6 Å². The summed E-state index contributed by atoms with van der Waals surface area (Å²) in [6.07, 6.45) is 2.53. The van der Waals surface area contributed by atoms with Crippen LogP contribution in [0.1, 0.15) is 18.4 Å². The van der Waals surface area contributed by atoms with Crippen molar-refractivity contribution in [3.8, 4) is 0 Å². The minimum Gasteiger partial charge on any atom is -0.355 e. The summed E-state index contributed by atoms with van der Waals surface area (Å²) in [4.78, 5) is 4.14. The summed E-state index contributed by atoms with van der Waals surface area (Å²) in [5.74, 6) is 1.62. The van der Waals surface area contributed by atoms with E-state index in [0.717, 1.165) is 6.54 Å². The lowest BCUT2D eigenvalue weighted by atomic mass is 10.2. The summed E-state index contributed by atoms with van der Waals surface area (Å²) < 4.78 is 13.6. The van der Waals surface area contributed by atoms with E-state index in [9.17, 15) is 4.39 Å². The van der Waals surface area contributed by atoms with E-state index in [-0.39, 0.29) is 29.8 Å². The molecule has 7 heteroatoms. The molecule has 2 rings (SSSR count). The molecule has 3 nitrogen and oxygen atoms in total. The van der Waals surface area contributed by atoms with Gasteiger partial charge in [0.05, 0.1) is 0 Å². The topological polar surface area (TPSA) is 36.4 Å². The Balaban J connectivity index is 0.00000220. The van der Waals surface area contributed by atoms with E-state index in [1.165, 1.54) is 24.7 Å². The van der Waals surface area contributed by atoms with Gasteiger partial charge in [-0.25, -0.2) is 4.39 Å². The molecule has 1 aliphatic heterocycles. The first-order valence-corrected chi connectivity index (χ1v) is 8.12. The van der Waals surface area contributed by atoms with Gasteiger partial charge in [-0.2, -0.15) is 11.8 Å². The first kappa shape index (κ1) is 18.8. The molecule has 1 heterocycles. The molecule has 1 aromatic rings. The Morgan fingerprint density at radius 2 is 2.29 bits per heavy atom. The van der Waals surface area contributed by atoms with Crippen molar-refractivity contribution in [2.24, 2.45) is 4.99 Å². The molecular formula is C14H20ClFIN3S. The van der Waals surface area contributed by atoms with Crippen LogP contribution in [-0.2, 0) is 6.54 Å². The van der Waals surface area contributed by atoms with E-state index in [2.05, 4.69) is 15.6 Å². The summed E-state index contributed by atoms with van der Waals surface area (Å²) in [6, 6.07) is 4.70. The third-order valence-corrected chi connectivity index (χ3v) is 4.99. The second-order valence-corrected chi connectivity index (χ2v) is 6.46. The van der Waals surface area contributed by atoms with Crippen molar-refractivity contribution in [1.29, 1.82) is 0 Å². The lowest BCUT2D eigenvalue weighted by Gasteiger charge is -2.15. The largest absolute Gasteiger partial charge is 0.355 e. The quantitative estimate of drug-likeness (QED) is 0.424. The average molecular weight is 444 g/mol. The molecule has 1 fully saturated rings. The highest BCUT2D eigenvalue weighted by molar-refractivity contribution is 14.0. The zero-order chi connectivity index (χ0) is 14.4. The smallest absolute Gasteiger partial charge is 0.191 e. The number of nitrogens with zero attached hydrogens (tertiary/aromatic N) is 1. The first-order valence-electron chi connectivity index (χ1n) is 6.69. The SMILES string of the molecule is CN=C(NCc1c(F)cccc1Cl)NCC1CCCS1.I. The second kappa shape index (κ2) is 9.74.